The van der Waals surface area contributed by atoms with E-state index >= 15 is 0 Å². The number of phenols is 2. The number of rotatable bonds is 5. The minimum atomic E-state index is -0.582. The lowest BCUT2D eigenvalue weighted by molar-refractivity contribution is 0.0975. The number of hydrogen-bond donors (Lipinski definition) is 4. The van der Waals surface area contributed by atoms with Crippen LogP contribution in [0.15, 0.2) is 12.1 Å². The average molecular weight is 437 g/mol. The number of carbonyl (C=O) groups excluding carboxylic acids is 2. The van der Waals surface area contributed by atoms with Crippen LogP contribution in [-0.4, -0.2) is 21.8 Å². The third kappa shape index (κ3) is 3.51. The summed E-state index contributed by atoms with van der Waals surface area (Å²) in [6.07, 6.45) is 8.98. The summed E-state index contributed by atoms with van der Waals surface area (Å²) in [5.41, 5.74) is 13.3. The topological polar surface area (TPSA) is 127 Å². The van der Waals surface area contributed by atoms with Gasteiger partial charge < -0.3 is 21.7 Å². The van der Waals surface area contributed by atoms with Gasteiger partial charge in [0.15, 0.2) is 0 Å². The molecule has 6 nitrogen and oxygen atoms in total. The molecule has 0 heterocycles. The van der Waals surface area contributed by atoms with Crippen molar-refractivity contribution in [2.24, 2.45) is 5.92 Å². The fourth-order valence-corrected chi connectivity index (χ4v) is 5.49. The first-order valence-corrected chi connectivity index (χ1v) is 11.6. The molecule has 6 heteroatoms. The third-order valence-corrected chi connectivity index (χ3v) is 7.29. The van der Waals surface area contributed by atoms with Crippen LogP contribution in [-0.2, 0) is 0 Å². The van der Waals surface area contributed by atoms with E-state index in [1.165, 1.54) is 31.7 Å². The zero-order valence-electron chi connectivity index (χ0n) is 18.8. The highest BCUT2D eigenvalue weighted by atomic mass is 16.3. The van der Waals surface area contributed by atoms with Gasteiger partial charge in [-0.3, -0.25) is 9.59 Å². The minimum absolute atomic E-state index is 0.0442. The standard InChI is InChI=1S/C26H32N2O4/c1-3-4-5-6-14-7-9-15(10-8-14)16-12-18(28)20-22(24(16)30)26(32)19-17(27)11-13(2)23(29)21(19)25(20)31/h11-12,14-15,29-30H,3-10,27-28H2,1-2H3. The number of benzene rings is 2. The van der Waals surface area contributed by atoms with Crippen LogP contribution in [0, 0.1) is 12.8 Å². The maximum Gasteiger partial charge on any atom is 0.200 e. The van der Waals surface area contributed by atoms with Crippen molar-refractivity contribution < 1.29 is 19.8 Å². The van der Waals surface area contributed by atoms with E-state index < -0.39 is 11.6 Å². The van der Waals surface area contributed by atoms with Crippen LogP contribution in [0.1, 0.15) is 107 Å². The molecule has 1 fully saturated rings. The summed E-state index contributed by atoms with van der Waals surface area (Å²) in [4.78, 5) is 26.6. The number of nitrogens with two attached hydrogens (primary N) is 2. The quantitative estimate of drug-likeness (QED) is 0.247. The van der Waals surface area contributed by atoms with Crippen LogP contribution in [0.25, 0.3) is 0 Å². The molecule has 6 N–H and O–H groups in total. The first-order valence-electron chi connectivity index (χ1n) is 11.6. The summed E-state index contributed by atoms with van der Waals surface area (Å²) < 4.78 is 0. The van der Waals surface area contributed by atoms with Gasteiger partial charge in [-0.05, 0) is 67.7 Å². The van der Waals surface area contributed by atoms with E-state index in [-0.39, 0.29) is 51.0 Å². The Morgan fingerprint density at radius 3 is 2.00 bits per heavy atom. The lowest BCUT2D eigenvalue weighted by Gasteiger charge is -2.31. The summed E-state index contributed by atoms with van der Waals surface area (Å²) in [6.45, 7) is 3.82. The van der Waals surface area contributed by atoms with Crippen LogP contribution < -0.4 is 11.5 Å². The highest BCUT2D eigenvalue weighted by Gasteiger charge is 2.39. The number of unbranched alkanes of at least 4 members (excludes halogenated alkanes) is 2. The lowest BCUT2D eigenvalue weighted by Crippen LogP contribution is -2.25. The Bertz CT molecular complexity index is 1100. The first kappa shape index (κ1) is 22.2. The number of anilines is 2. The van der Waals surface area contributed by atoms with Crippen LogP contribution in [0.3, 0.4) is 0 Å². The van der Waals surface area contributed by atoms with Crippen LogP contribution >= 0.6 is 0 Å². The van der Waals surface area contributed by atoms with Gasteiger partial charge in [-0.1, -0.05) is 32.6 Å². The summed E-state index contributed by atoms with van der Waals surface area (Å²) in [5.74, 6) is -0.799. The average Bonchev–Trinajstić information content (AvgIpc) is 2.76. The van der Waals surface area contributed by atoms with Gasteiger partial charge in [-0.25, -0.2) is 0 Å². The van der Waals surface area contributed by atoms with E-state index in [0.717, 1.165) is 25.7 Å². The molecule has 0 aromatic heterocycles. The molecule has 0 amide bonds. The number of ketones is 2. The van der Waals surface area contributed by atoms with Gasteiger partial charge in [0, 0.05) is 11.4 Å². The van der Waals surface area contributed by atoms with E-state index in [2.05, 4.69) is 6.92 Å². The Morgan fingerprint density at radius 1 is 0.844 bits per heavy atom. The summed E-state index contributed by atoms with van der Waals surface area (Å²) in [7, 11) is 0. The Hall–Kier alpha value is -3.02. The molecule has 2 aliphatic carbocycles. The van der Waals surface area contributed by atoms with Crippen molar-refractivity contribution in [3.8, 4) is 11.5 Å². The third-order valence-electron chi connectivity index (χ3n) is 7.29. The molecule has 0 aliphatic heterocycles. The summed E-state index contributed by atoms with van der Waals surface area (Å²) >= 11 is 0. The maximum absolute atomic E-state index is 13.4. The van der Waals surface area contributed by atoms with Gasteiger partial charge in [-0.2, -0.15) is 0 Å². The zero-order chi connectivity index (χ0) is 23.2. The molecule has 1 saturated carbocycles. The maximum atomic E-state index is 13.4. The molecule has 0 atom stereocenters. The van der Waals surface area contributed by atoms with Gasteiger partial charge in [0.25, 0.3) is 0 Å². The summed E-state index contributed by atoms with van der Waals surface area (Å²) in [6, 6.07) is 3.11. The van der Waals surface area contributed by atoms with E-state index in [1.807, 2.05) is 0 Å². The van der Waals surface area contributed by atoms with Gasteiger partial charge in [-0.15, -0.1) is 0 Å². The van der Waals surface area contributed by atoms with Crippen molar-refractivity contribution in [3.63, 3.8) is 0 Å². The molecule has 2 aromatic rings. The highest BCUT2D eigenvalue weighted by Crippen LogP contribution is 2.48. The van der Waals surface area contributed by atoms with Crippen molar-refractivity contribution in [2.45, 2.75) is 71.1 Å². The molecule has 32 heavy (non-hydrogen) atoms. The SMILES string of the molecule is CCCCCC1CCC(c2cc(N)c3c(c2O)C(=O)c2c(N)cc(C)c(O)c2C3=O)CC1. The number of aryl methyl sites for hydroxylation is 1. The second-order valence-corrected chi connectivity index (χ2v) is 9.41. The van der Waals surface area contributed by atoms with Crippen molar-refractivity contribution in [1.82, 2.24) is 0 Å². The van der Waals surface area contributed by atoms with Crippen LogP contribution in [0.2, 0.25) is 0 Å². The summed E-state index contributed by atoms with van der Waals surface area (Å²) in [5, 5.41) is 21.6. The number of hydrogen-bond acceptors (Lipinski definition) is 6. The molecule has 0 spiro atoms. The molecule has 4 rings (SSSR count). The molecule has 0 saturated heterocycles. The number of phenolic OH excluding ortho intramolecular Hbond substituents is 2. The fourth-order valence-electron chi connectivity index (χ4n) is 5.49. The highest BCUT2D eigenvalue weighted by molar-refractivity contribution is 6.33. The van der Waals surface area contributed by atoms with Crippen molar-refractivity contribution in [2.75, 3.05) is 11.5 Å². The lowest BCUT2D eigenvalue weighted by atomic mass is 9.74. The number of carbonyl (C=O) groups is 2. The Labute approximate surface area is 188 Å². The normalized spacial score (nSPS) is 20.2. The van der Waals surface area contributed by atoms with E-state index in [0.29, 0.717) is 17.0 Å². The smallest absolute Gasteiger partial charge is 0.200 e. The molecule has 2 aliphatic rings. The van der Waals surface area contributed by atoms with Crippen molar-refractivity contribution >= 4 is 22.9 Å². The van der Waals surface area contributed by atoms with Crippen molar-refractivity contribution in [3.05, 3.63) is 45.5 Å². The van der Waals surface area contributed by atoms with Gasteiger partial charge >= 0.3 is 0 Å². The van der Waals surface area contributed by atoms with E-state index in [9.17, 15) is 19.8 Å². The van der Waals surface area contributed by atoms with Crippen molar-refractivity contribution in [1.29, 1.82) is 0 Å². The molecule has 0 radical (unpaired) electrons. The first-order chi connectivity index (χ1) is 15.3. The molecule has 0 unspecified atom stereocenters. The number of aromatic hydroxyl groups is 2. The van der Waals surface area contributed by atoms with E-state index in [4.69, 9.17) is 11.5 Å². The van der Waals surface area contributed by atoms with Gasteiger partial charge in [0.1, 0.15) is 11.5 Å². The van der Waals surface area contributed by atoms with E-state index in [1.54, 1.807) is 13.0 Å². The molecule has 170 valence electrons. The predicted octanol–water partition coefficient (Wildman–Crippen LogP) is 5.20. The van der Waals surface area contributed by atoms with Gasteiger partial charge in [0.05, 0.1) is 22.3 Å². The Kier molecular flexibility index (Phi) is 5.89. The fraction of sp³-hybridized carbons (Fsp3) is 0.462. The zero-order valence-corrected chi connectivity index (χ0v) is 18.8. The van der Waals surface area contributed by atoms with Gasteiger partial charge in [0.2, 0.25) is 11.6 Å². The minimum Gasteiger partial charge on any atom is -0.507 e. The molecule has 0 bridgehead atoms. The largest absolute Gasteiger partial charge is 0.507 e. The number of nitrogen functional groups attached to an aromatic ring is 2. The molecular weight excluding hydrogens is 404 g/mol. The monoisotopic (exact) mass is 436 g/mol. The molecular formula is C26H32N2O4. The second-order valence-electron chi connectivity index (χ2n) is 9.41. The Balaban J connectivity index is 1.70. The predicted molar refractivity (Wildman–Crippen MR) is 125 cm³/mol. The second kappa shape index (κ2) is 8.49. The number of fused-ring (bicyclic) bond motifs is 2. The Morgan fingerprint density at radius 2 is 1.41 bits per heavy atom. The van der Waals surface area contributed by atoms with Crippen LogP contribution in [0.5, 0.6) is 11.5 Å². The molecule has 2 aromatic carbocycles. The van der Waals surface area contributed by atoms with Crippen LogP contribution in [0.4, 0.5) is 11.4 Å².